The number of ether oxygens (including phenoxy) is 2. The van der Waals surface area contributed by atoms with Crippen LogP contribution >= 0.6 is 0 Å². The van der Waals surface area contributed by atoms with Crippen molar-refractivity contribution in [2.45, 2.75) is 18.8 Å². The molecule has 2 aromatic rings. The van der Waals surface area contributed by atoms with Gasteiger partial charge in [0.15, 0.2) is 0 Å². The van der Waals surface area contributed by atoms with E-state index in [1.54, 1.807) is 4.57 Å². The topological polar surface area (TPSA) is 126 Å². The minimum Gasteiger partial charge on any atom is -0.411 e. The van der Waals surface area contributed by atoms with Crippen LogP contribution in [-0.4, -0.2) is 50.0 Å². The van der Waals surface area contributed by atoms with Crippen LogP contribution in [0.2, 0.25) is 0 Å². The van der Waals surface area contributed by atoms with Gasteiger partial charge in [-0.2, -0.15) is 0 Å². The van der Waals surface area contributed by atoms with E-state index in [2.05, 4.69) is 15.0 Å². The molecule has 0 amide bonds. The smallest absolute Gasteiger partial charge is 0.222 e. The third-order valence-corrected chi connectivity index (χ3v) is 4.82. The zero-order valence-corrected chi connectivity index (χ0v) is 22.6. The zero-order valence-electron chi connectivity index (χ0n) is 13.1. The first-order valence-electron chi connectivity index (χ1n) is 7.10. The first kappa shape index (κ1) is 21.2. The van der Waals surface area contributed by atoms with Gasteiger partial charge in [0.25, 0.3) is 0 Å². The average molecular weight is 760 g/mol. The van der Waals surface area contributed by atoms with E-state index >= 15 is 0 Å². The Kier molecular flexibility index (Phi) is 6.97. The Balaban J connectivity index is 0.00000104. The first-order valence-corrected chi connectivity index (χ1v) is 7.10. The van der Waals surface area contributed by atoms with Gasteiger partial charge in [0.1, 0.15) is 17.3 Å². The van der Waals surface area contributed by atoms with Crippen LogP contribution in [0.5, 0.6) is 0 Å². The largest absolute Gasteiger partial charge is 0.411 e. The Bertz CT molecular complexity index is 796. The van der Waals surface area contributed by atoms with Gasteiger partial charge in [-0.15, -0.1) is 0 Å². The van der Waals surface area contributed by atoms with Gasteiger partial charge in [0, 0.05) is 100.0 Å². The second-order valence-corrected chi connectivity index (χ2v) is 5.94. The quantitative estimate of drug-likeness (QED) is 0.456. The number of H-pyrrole nitrogens is 1. The Morgan fingerprint density at radius 2 is 2.29 bits per heavy atom. The van der Waals surface area contributed by atoms with E-state index in [9.17, 15) is 9.90 Å². The third-order valence-electron chi connectivity index (χ3n) is 4.82. The maximum atomic E-state index is 11.8. The van der Waals surface area contributed by atoms with Crippen LogP contribution in [0.15, 0.2) is 11.1 Å². The fourth-order valence-corrected chi connectivity index (χ4v) is 3.43. The summed E-state index contributed by atoms with van der Waals surface area (Å²) in [4.78, 5) is 22.3. The standard InChI is InChI=1S/C13H17N5O4.2Ac/c1-6-7-2-21-4-13(6,3-19)22-11(7)18-5-15-8-9(18)16-12(14)17-10(8)20;;/h5-7,11,19H,2-4H2,1H3,(H3,14,16,17,20);;/p-1/t6-,7?,11-,13+;;/m1../s1. The molecular formula is C13H16Ac2N5O4-. The number of hydrogen-bond acceptors (Lipinski definition) is 6. The predicted molar refractivity (Wildman–Crippen MR) is 75.5 cm³/mol. The molecule has 2 radical (unpaired) electrons. The number of aromatic nitrogens is 4. The number of rotatable bonds is 2. The van der Waals surface area contributed by atoms with E-state index in [4.69, 9.17) is 15.2 Å². The Morgan fingerprint density at radius 1 is 1.54 bits per heavy atom. The molecule has 0 aromatic carbocycles. The number of fused-ring (bicyclic) bond motifs is 3. The van der Waals surface area contributed by atoms with Crippen LogP contribution in [0.25, 0.3) is 16.9 Å². The fourth-order valence-electron chi connectivity index (χ4n) is 3.43. The van der Waals surface area contributed by atoms with Crippen molar-refractivity contribution in [3.05, 3.63) is 22.4 Å². The molecule has 2 bridgehead atoms. The first-order chi connectivity index (χ1) is 10.6. The molecule has 11 heteroatoms. The van der Waals surface area contributed by atoms with Crippen molar-refractivity contribution in [2.24, 2.45) is 11.8 Å². The van der Waals surface area contributed by atoms with Gasteiger partial charge in [-0.05, 0) is 5.92 Å². The molecule has 0 saturated carbocycles. The van der Waals surface area contributed by atoms with Crippen LogP contribution in [0.3, 0.4) is 0 Å². The van der Waals surface area contributed by atoms with Gasteiger partial charge < -0.3 is 34.8 Å². The number of nitrogens with zero attached hydrogens (tertiary/aromatic N) is 3. The Morgan fingerprint density at radius 3 is 2.96 bits per heavy atom. The summed E-state index contributed by atoms with van der Waals surface area (Å²) in [5.41, 5.74) is 6.87. The molecule has 2 saturated heterocycles. The van der Waals surface area contributed by atoms with Crippen molar-refractivity contribution < 1.29 is 103 Å². The van der Waals surface area contributed by atoms with E-state index in [-0.39, 0.29) is 118 Å². The number of aliphatic hydroxyl groups is 1. The molecule has 4 atom stereocenters. The maximum absolute atomic E-state index is 11.8. The number of aliphatic hydroxyl groups excluding tert-OH is 1. The van der Waals surface area contributed by atoms with E-state index in [1.807, 2.05) is 6.92 Å². The van der Waals surface area contributed by atoms with Crippen LogP contribution in [-0.2, 0) is 9.47 Å². The summed E-state index contributed by atoms with van der Waals surface area (Å²) in [6, 6.07) is 0. The second-order valence-electron chi connectivity index (χ2n) is 5.94. The molecule has 2 fully saturated rings. The molecule has 2 aliphatic rings. The van der Waals surface area contributed by atoms with Crippen molar-refractivity contribution >= 4 is 17.1 Å². The number of hydrogen-bond donors (Lipinski definition) is 2. The molecule has 4 rings (SSSR count). The minimum absolute atomic E-state index is 0. The molecule has 1 unspecified atom stereocenters. The SMILES string of the molecule is C[C@@H]1C2COC[C@]1(CO)O[C@H]2n1cnc2c(=O)[nH]c([NH-])nc21.[Ac].[Ac]. The maximum Gasteiger partial charge on any atom is 0.222 e. The molecule has 124 valence electrons. The number of aromatic amines is 1. The molecule has 9 nitrogen and oxygen atoms in total. The molecule has 0 aliphatic carbocycles. The fraction of sp³-hybridized carbons (Fsp3) is 0.615. The van der Waals surface area contributed by atoms with E-state index in [0.717, 1.165) is 0 Å². The van der Waals surface area contributed by atoms with Gasteiger partial charge in [0.05, 0.1) is 31.8 Å². The van der Waals surface area contributed by atoms with Crippen molar-refractivity contribution in [3.63, 3.8) is 0 Å². The van der Waals surface area contributed by atoms with E-state index in [1.165, 1.54) is 6.33 Å². The molecular weight excluding hydrogens is 744 g/mol. The Hall–Kier alpha value is 0.913. The summed E-state index contributed by atoms with van der Waals surface area (Å²) in [5, 5.41) is 9.72. The van der Waals surface area contributed by atoms with Crippen LogP contribution < -0.4 is 5.56 Å². The summed E-state index contributed by atoms with van der Waals surface area (Å²) >= 11 is 0. The van der Waals surface area contributed by atoms with Crippen LogP contribution in [0, 0.1) is 100.0 Å². The normalized spacial score (nSPS) is 31.5. The van der Waals surface area contributed by atoms with Gasteiger partial charge >= 0.3 is 0 Å². The summed E-state index contributed by atoms with van der Waals surface area (Å²) in [6.45, 7) is 2.73. The van der Waals surface area contributed by atoms with Gasteiger partial charge in [-0.25, -0.2) is 4.98 Å². The number of nitrogens with one attached hydrogen (secondary N) is 2. The second kappa shape index (κ2) is 7.88. The summed E-state index contributed by atoms with van der Waals surface area (Å²) in [7, 11) is 0. The van der Waals surface area contributed by atoms with Crippen LogP contribution in [0.4, 0.5) is 5.95 Å². The number of imidazole rings is 1. The Labute approximate surface area is 209 Å². The van der Waals surface area contributed by atoms with Crippen molar-refractivity contribution in [3.8, 4) is 0 Å². The van der Waals surface area contributed by atoms with Crippen molar-refractivity contribution in [1.29, 1.82) is 0 Å². The van der Waals surface area contributed by atoms with Gasteiger partial charge in [0.2, 0.25) is 5.56 Å². The van der Waals surface area contributed by atoms with Crippen molar-refractivity contribution in [1.82, 2.24) is 19.5 Å². The van der Waals surface area contributed by atoms with E-state index < -0.39 is 17.4 Å². The molecule has 0 spiro atoms. The van der Waals surface area contributed by atoms with Gasteiger partial charge in [-0.1, -0.05) is 6.92 Å². The van der Waals surface area contributed by atoms with E-state index in [0.29, 0.717) is 18.9 Å². The molecule has 24 heavy (non-hydrogen) atoms. The average Bonchev–Trinajstić information content (AvgIpc) is 2.94. The summed E-state index contributed by atoms with van der Waals surface area (Å²) < 4.78 is 13.3. The van der Waals surface area contributed by atoms with Crippen LogP contribution in [0.1, 0.15) is 13.2 Å². The molecule has 4 heterocycles. The molecule has 2 aliphatic heterocycles. The monoisotopic (exact) mass is 760 g/mol. The molecule has 2 aromatic heterocycles. The molecule has 3 N–H and O–H groups in total. The van der Waals surface area contributed by atoms with Gasteiger partial charge in [-0.3, -0.25) is 4.79 Å². The summed E-state index contributed by atoms with van der Waals surface area (Å²) in [5.74, 6) is -0.0962. The predicted octanol–water partition coefficient (Wildman–Crippen LogP) is 0.346. The zero-order chi connectivity index (χ0) is 15.5. The minimum atomic E-state index is -0.741. The third kappa shape index (κ3) is 3.17. The summed E-state index contributed by atoms with van der Waals surface area (Å²) in [6.07, 6.45) is 1.07. The van der Waals surface area contributed by atoms with Crippen molar-refractivity contribution in [2.75, 3.05) is 19.8 Å².